The zero-order valence-electron chi connectivity index (χ0n) is 19.8. The Bertz CT molecular complexity index is 1360. The molecule has 2 aliphatic heterocycles. The molecule has 1 spiro atoms. The number of hydrogen-bond donors (Lipinski definition) is 1. The average Bonchev–Trinajstić information content (AvgIpc) is 3.43. The van der Waals surface area contributed by atoms with Crippen LogP contribution in [0.5, 0.6) is 17.2 Å². The Morgan fingerprint density at radius 2 is 1.91 bits per heavy atom. The van der Waals surface area contributed by atoms with Gasteiger partial charge in [-0.25, -0.2) is 0 Å². The highest BCUT2D eigenvalue weighted by atomic mass is 35.5. The van der Waals surface area contributed by atoms with Gasteiger partial charge in [0.2, 0.25) is 5.78 Å². The molecule has 0 aromatic heterocycles. The Kier molecular flexibility index (Phi) is 5.31. The van der Waals surface area contributed by atoms with Crippen LogP contribution >= 0.6 is 11.6 Å². The van der Waals surface area contributed by atoms with Gasteiger partial charge in [-0.15, -0.1) is 0 Å². The van der Waals surface area contributed by atoms with Crippen LogP contribution in [0, 0.1) is 13.8 Å². The summed E-state index contributed by atoms with van der Waals surface area (Å²) < 4.78 is 17.9. The lowest BCUT2D eigenvalue weighted by molar-refractivity contribution is 0.0820. The van der Waals surface area contributed by atoms with Crippen molar-refractivity contribution < 1.29 is 24.1 Å². The van der Waals surface area contributed by atoms with E-state index in [1.165, 1.54) is 0 Å². The Morgan fingerprint density at radius 3 is 2.69 bits per heavy atom. The topological polar surface area (TPSA) is 65.0 Å². The maximum absolute atomic E-state index is 13.0. The second kappa shape index (κ2) is 8.28. The second-order valence-electron chi connectivity index (χ2n) is 9.81. The van der Waals surface area contributed by atoms with E-state index in [-0.39, 0.29) is 18.3 Å². The Hall–Kier alpha value is -3.02. The lowest BCUT2D eigenvalue weighted by Crippen LogP contribution is -2.22. The van der Waals surface area contributed by atoms with Gasteiger partial charge in [0, 0.05) is 34.7 Å². The molecule has 5 nitrogen and oxygen atoms in total. The summed E-state index contributed by atoms with van der Waals surface area (Å²) in [7, 11) is 0. The van der Waals surface area contributed by atoms with E-state index in [2.05, 4.69) is 0 Å². The molecule has 0 amide bonds. The summed E-state index contributed by atoms with van der Waals surface area (Å²) in [4.78, 5) is 13.0. The molecule has 6 rings (SSSR count). The highest BCUT2D eigenvalue weighted by Gasteiger charge is 2.58. The van der Waals surface area contributed by atoms with E-state index in [0.717, 1.165) is 52.0 Å². The molecule has 3 aromatic carbocycles. The highest BCUT2D eigenvalue weighted by molar-refractivity contribution is 6.31. The number of rotatable bonds is 6. The van der Waals surface area contributed by atoms with Crippen molar-refractivity contribution >= 4 is 17.4 Å². The standard InChI is InChI=1S/C29H27ClO5/c1-16-11-25-27(28(32)29(35-25)8-9-29)17(2)26(16)18-3-6-23(30)20(12-18)15-33-21-4-5-22-19(7-10-31)14-34-24(22)13-21/h3-6,11-13,19,31H,7-10,14-15H2,1-2H3. The fraction of sp³-hybridized carbons (Fsp3) is 0.345. The van der Waals surface area contributed by atoms with Gasteiger partial charge in [-0.2, -0.15) is 0 Å². The summed E-state index contributed by atoms with van der Waals surface area (Å²) in [6.07, 6.45) is 2.29. The van der Waals surface area contributed by atoms with Gasteiger partial charge in [0.15, 0.2) is 5.60 Å². The van der Waals surface area contributed by atoms with Crippen LogP contribution in [0.15, 0.2) is 42.5 Å². The molecule has 1 fully saturated rings. The quantitative estimate of drug-likeness (QED) is 0.447. The Labute approximate surface area is 209 Å². The second-order valence-corrected chi connectivity index (χ2v) is 10.2. The number of carbonyl (C=O) groups excluding carboxylic acids is 1. The molecule has 1 saturated carbocycles. The third-order valence-corrected chi connectivity index (χ3v) is 7.83. The normalized spacial score (nSPS) is 18.7. The number of ether oxygens (including phenoxy) is 3. The fourth-order valence-corrected chi connectivity index (χ4v) is 5.60. The number of hydrogen-bond acceptors (Lipinski definition) is 5. The van der Waals surface area contributed by atoms with Gasteiger partial charge >= 0.3 is 0 Å². The third kappa shape index (κ3) is 3.69. The first kappa shape index (κ1) is 22.4. The summed E-state index contributed by atoms with van der Waals surface area (Å²) in [5.74, 6) is 2.57. The first-order valence-corrected chi connectivity index (χ1v) is 12.5. The number of carbonyl (C=O) groups is 1. The minimum Gasteiger partial charge on any atom is -0.493 e. The average molecular weight is 491 g/mol. The summed E-state index contributed by atoms with van der Waals surface area (Å²) in [5, 5.41) is 9.88. The van der Waals surface area contributed by atoms with E-state index in [9.17, 15) is 9.90 Å². The molecule has 1 N–H and O–H groups in total. The molecule has 3 aromatic rings. The largest absolute Gasteiger partial charge is 0.493 e. The lowest BCUT2D eigenvalue weighted by Gasteiger charge is -2.15. The number of Topliss-reactive ketones (excluding diaryl/α,β-unsaturated/α-hetero) is 1. The van der Waals surface area contributed by atoms with Gasteiger partial charge < -0.3 is 19.3 Å². The lowest BCUT2D eigenvalue weighted by atomic mass is 9.89. The number of aliphatic hydroxyl groups is 1. The van der Waals surface area contributed by atoms with Crippen molar-refractivity contribution in [3.63, 3.8) is 0 Å². The molecule has 1 atom stereocenters. The van der Waals surface area contributed by atoms with Gasteiger partial charge in [0.25, 0.3) is 0 Å². The minimum absolute atomic E-state index is 0.115. The Morgan fingerprint density at radius 1 is 1.09 bits per heavy atom. The van der Waals surface area contributed by atoms with E-state index in [1.807, 2.05) is 56.3 Å². The van der Waals surface area contributed by atoms with E-state index in [4.69, 9.17) is 25.8 Å². The van der Waals surface area contributed by atoms with Crippen molar-refractivity contribution in [2.45, 2.75) is 51.2 Å². The van der Waals surface area contributed by atoms with Crippen molar-refractivity contribution in [2.75, 3.05) is 13.2 Å². The number of benzene rings is 3. The SMILES string of the molecule is Cc1cc2c(c(C)c1-c1ccc(Cl)c(COc3ccc4c(c3)OCC4CCO)c1)C(=O)C1(CC1)O2. The molecule has 1 unspecified atom stereocenters. The van der Waals surface area contributed by atoms with Gasteiger partial charge in [-0.3, -0.25) is 4.79 Å². The predicted molar refractivity (Wildman–Crippen MR) is 134 cm³/mol. The first-order chi connectivity index (χ1) is 16.9. The Balaban J connectivity index is 1.27. The van der Waals surface area contributed by atoms with Crippen LogP contribution in [0.2, 0.25) is 5.02 Å². The minimum atomic E-state index is -0.602. The van der Waals surface area contributed by atoms with Crippen LogP contribution in [0.3, 0.4) is 0 Å². The van der Waals surface area contributed by atoms with E-state index >= 15 is 0 Å². The highest BCUT2D eigenvalue weighted by Crippen LogP contribution is 2.52. The molecule has 180 valence electrons. The number of fused-ring (bicyclic) bond motifs is 2. The molecule has 0 bridgehead atoms. The summed E-state index contributed by atoms with van der Waals surface area (Å²) in [5.41, 5.74) is 6.15. The third-order valence-electron chi connectivity index (χ3n) is 7.46. The summed E-state index contributed by atoms with van der Waals surface area (Å²) in [6, 6.07) is 13.8. The zero-order chi connectivity index (χ0) is 24.3. The van der Waals surface area contributed by atoms with Crippen LogP contribution in [0.1, 0.15) is 57.8 Å². The van der Waals surface area contributed by atoms with Crippen molar-refractivity contribution in [1.82, 2.24) is 0 Å². The van der Waals surface area contributed by atoms with Crippen LogP contribution in [0.25, 0.3) is 11.1 Å². The molecule has 35 heavy (non-hydrogen) atoms. The fourth-order valence-electron chi connectivity index (χ4n) is 5.42. The predicted octanol–water partition coefficient (Wildman–Crippen LogP) is 6.17. The van der Waals surface area contributed by atoms with Gasteiger partial charge in [0.1, 0.15) is 23.9 Å². The molecule has 0 radical (unpaired) electrons. The maximum atomic E-state index is 13.0. The molecular formula is C29H27ClO5. The van der Waals surface area contributed by atoms with Crippen LogP contribution in [-0.4, -0.2) is 29.7 Å². The van der Waals surface area contributed by atoms with Crippen molar-refractivity contribution in [1.29, 1.82) is 0 Å². The van der Waals surface area contributed by atoms with E-state index in [1.54, 1.807) is 0 Å². The molecule has 3 aliphatic rings. The van der Waals surface area contributed by atoms with Crippen molar-refractivity contribution in [2.24, 2.45) is 0 Å². The molecule has 6 heteroatoms. The number of ketones is 1. The summed E-state index contributed by atoms with van der Waals surface area (Å²) in [6.45, 7) is 5.09. The van der Waals surface area contributed by atoms with Crippen molar-refractivity contribution in [3.8, 4) is 28.4 Å². The molecule has 1 aliphatic carbocycles. The molecule has 2 heterocycles. The molecular weight excluding hydrogens is 464 g/mol. The van der Waals surface area contributed by atoms with E-state index < -0.39 is 5.60 Å². The van der Waals surface area contributed by atoms with Crippen LogP contribution in [-0.2, 0) is 6.61 Å². The number of halogens is 1. The summed E-state index contributed by atoms with van der Waals surface area (Å²) >= 11 is 6.54. The maximum Gasteiger partial charge on any atom is 0.210 e. The zero-order valence-corrected chi connectivity index (χ0v) is 20.6. The van der Waals surface area contributed by atoms with Crippen LogP contribution in [0.4, 0.5) is 0 Å². The number of aryl methyl sites for hydroxylation is 1. The molecule has 0 saturated heterocycles. The van der Waals surface area contributed by atoms with Gasteiger partial charge in [0.05, 0.1) is 12.2 Å². The number of aliphatic hydroxyl groups excluding tert-OH is 1. The smallest absolute Gasteiger partial charge is 0.210 e. The van der Waals surface area contributed by atoms with Crippen molar-refractivity contribution in [3.05, 3.63) is 75.3 Å². The monoisotopic (exact) mass is 490 g/mol. The van der Waals surface area contributed by atoms with Crippen LogP contribution < -0.4 is 14.2 Å². The van der Waals surface area contributed by atoms with Gasteiger partial charge in [-0.1, -0.05) is 23.7 Å². The first-order valence-electron chi connectivity index (χ1n) is 12.1. The van der Waals surface area contributed by atoms with E-state index in [0.29, 0.717) is 41.7 Å². The van der Waals surface area contributed by atoms with Gasteiger partial charge in [-0.05, 0) is 79.6 Å².